The number of likely N-dealkylation sites (tertiary alicyclic amines) is 1. The van der Waals surface area contributed by atoms with Crippen molar-refractivity contribution in [2.45, 2.75) is 38.0 Å². The Bertz CT molecular complexity index is 503. The Labute approximate surface area is 121 Å². The summed E-state index contributed by atoms with van der Waals surface area (Å²) in [6.45, 7) is 4.36. The van der Waals surface area contributed by atoms with E-state index in [0.717, 1.165) is 25.6 Å². The lowest BCUT2D eigenvalue weighted by molar-refractivity contribution is -0.140. The Balaban J connectivity index is 2.27. The summed E-state index contributed by atoms with van der Waals surface area (Å²) in [6.07, 6.45) is -3.17. The second kappa shape index (κ2) is 5.93. The first-order valence-electron chi connectivity index (χ1n) is 7.08. The van der Waals surface area contributed by atoms with Crippen molar-refractivity contribution in [1.29, 1.82) is 0 Å². The highest BCUT2D eigenvalue weighted by Gasteiger charge is 2.37. The first-order chi connectivity index (χ1) is 9.76. The van der Waals surface area contributed by atoms with E-state index in [-0.39, 0.29) is 5.56 Å². The lowest BCUT2D eigenvalue weighted by Crippen LogP contribution is -2.29. The maximum atomic E-state index is 13.7. The first-order valence-corrected chi connectivity index (χ1v) is 7.08. The smallest absolute Gasteiger partial charge is 0.385 e. The van der Waals surface area contributed by atoms with E-state index in [0.29, 0.717) is 25.5 Å². The largest absolute Gasteiger partial charge is 0.419 e. The normalized spacial score (nSPS) is 24.9. The molecule has 2 nitrogen and oxygen atoms in total. The van der Waals surface area contributed by atoms with Gasteiger partial charge in [0.05, 0.1) is 11.2 Å². The summed E-state index contributed by atoms with van der Waals surface area (Å²) in [5.41, 5.74) is -2.32. The van der Waals surface area contributed by atoms with Crippen LogP contribution >= 0.6 is 0 Å². The Morgan fingerprint density at radius 3 is 2.52 bits per heavy atom. The molecule has 0 aromatic heterocycles. The predicted octanol–water partition coefficient (Wildman–Crippen LogP) is 3.54. The van der Waals surface area contributed by atoms with Gasteiger partial charge in [-0.05, 0) is 50.0 Å². The molecular formula is C15H19F4NO. The Hall–Kier alpha value is -1.14. The molecule has 0 saturated carbocycles. The van der Waals surface area contributed by atoms with Gasteiger partial charge in [-0.25, -0.2) is 4.39 Å². The van der Waals surface area contributed by atoms with Gasteiger partial charge in [0.15, 0.2) is 0 Å². The van der Waals surface area contributed by atoms with E-state index < -0.39 is 23.2 Å². The van der Waals surface area contributed by atoms with Crippen LogP contribution in [0.1, 0.15) is 37.3 Å². The molecule has 1 aromatic rings. The number of rotatable bonds is 2. The van der Waals surface area contributed by atoms with Crippen molar-refractivity contribution in [2.24, 2.45) is 0 Å². The highest BCUT2D eigenvalue weighted by molar-refractivity contribution is 5.30. The molecule has 1 aliphatic rings. The van der Waals surface area contributed by atoms with Crippen molar-refractivity contribution in [2.75, 3.05) is 19.6 Å². The van der Waals surface area contributed by atoms with Crippen molar-refractivity contribution in [1.82, 2.24) is 4.90 Å². The molecule has 6 heteroatoms. The molecule has 1 heterocycles. The van der Waals surface area contributed by atoms with Gasteiger partial charge >= 0.3 is 6.18 Å². The zero-order valence-corrected chi connectivity index (χ0v) is 11.9. The quantitative estimate of drug-likeness (QED) is 0.845. The van der Waals surface area contributed by atoms with Crippen LogP contribution < -0.4 is 0 Å². The Kier molecular flexibility index (Phi) is 4.58. The lowest BCUT2D eigenvalue weighted by atomic mass is 9.86. The maximum absolute atomic E-state index is 13.7. The van der Waals surface area contributed by atoms with E-state index in [4.69, 9.17) is 0 Å². The maximum Gasteiger partial charge on any atom is 0.419 e. The number of alkyl halides is 3. The number of hydrogen-bond acceptors (Lipinski definition) is 2. The van der Waals surface area contributed by atoms with Crippen LogP contribution in [0, 0.1) is 5.82 Å². The van der Waals surface area contributed by atoms with Crippen molar-refractivity contribution in [3.63, 3.8) is 0 Å². The Morgan fingerprint density at radius 2 is 1.95 bits per heavy atom. The molecule has 1 aliphatic heterocycles. The number of hydrogen-bond donors (Lipinski definition) is 1. The summed E-state index contributed by atoms with van der Waals surface area (Å²) in [5, 5.41) is 10.7. The third kappa shape index (κ3) is 3.55. The predicted molar refractivity (Wildman–Crippen MR) is 71.3 cm³/mol. The SMILES string of the molecule is CCN1CCCC(O)(c2ccc(C(F)(F)F)c(F)c2)CC1. The second-order valence-electron chi connectivity index (χ2n) is 5.51. The van der Waals surface area contributed by atoms with Crippen LogP contribution in [0.25, 0.3) is 0 Å². The van der Waals surface area contributed by atoms with Gasteiger partial charge in [-0.1, -0.05) is 13.0 Å². The van der Waals surface area contributed by atoms with E-state index in [9.17, 15) is 22.7 Å². The van der Waals surface area contributed by atoms with Crippen molar-refractivity contribution >= 4 is 0 Å². The summed E-state index contributed by atoms with van der Waals surface area (Å²) in [5.74, 6) is -1.33. The molecule has 1 saturated heterocycles. The van der Waals surface area contributed by atoms with Crippen molar-refractivity contribution in [3.05, 3.63) is 35.1 Å². The van der Waals surface area contributed by atoms with Crippen LogP contribution in [0.4, 0.5) is 17.6 Å². The van der Waals surface area contributed by atoms with Crippen LogP contribution in [0.3, 0.4) is 0 Å². The number of nitrogens with zero attached hydrogens (tertiary/aromatic N) is 1. The van der Waals surface area contributed by atoms with E-state index in [1.54, 1.807) is 0 Å². The van der Waals surface area contributed by atoms with E-state index in [2.05, 4.69) is 4.90 Å². The molecule has 1 N–H and O–H groups in total. The van der Waals surface area contributed by atoms with Gasteiger partial charge in [0.2, 0.25) is 0 Å². The molecule has 21 heavy (non-hydrogen) atoms. The van der Waals surface area contributed by atoms with Gasteiger partial charge in [-0.2, -0.15) is 13.2 Å². The molecule has 118 valence electrons. The summed E-state index contributed by atoms with van der Waals surface area (Å²) >= 11 is 0. The molecular weight excluding hydrogens is 286 g/mol. The molecule has 0 spiro atoms. The van der Waals surface area contributed by atoms with E-state index >= 15 is 0 Å². The summed E-state index contributed by atoms with van der Waals surface area (Å²) in [4.78, 5) is 2.17. The fourth-order valence-corrected chi connectivity index (χ4v) is 2.81. The van der Waals surface area contributed by atoms with Crippen molar-refractivity contribution < 1.29 is 22.7 Å². The van der Waals surface area contributed by atoms with Crippen molar-refractivity contribution in [3.8, 4) is 0 Å². The minimum Gasteiger partial charge on any atom is -0.385 e. The molecule has 0 aliphatic carbocycles. The lowest BCUT2D eigenvalue weighted by Gasteiger charge is -2.28. The fraction of sp³-hybridized carbons (Fsp3) is 0.600. The molecule has 1 fully saturated rings. The molecule has 2 rings (SSSR count). The fourth-order valence-electron chi connectivity index (χ4n) is 2.81. The summed E-state index contributed by atoms with van der Waals surface area (Å²) in [7, 11) is 0. The molecule has 1 aromatic carbocycles. The van der Waals surface area contributed by atoms with Crippen LogP contribution in [0.15, 0.2) is 18.2 Å². The summed E-state index contributed by atoms with van der Waals surface area (Å²) in [6, 6.07) is 2.73. The van der Waals surface area contributed by atoms with Gasteiger partial charge in [0, 0.05) is 6.54 Å². The van der Waals surface area contributed by atoms with Gasteiger partial charge in [-0.3, -0.25) is 0 Å². The molecule has 0 radical (unpaired) electrons. The Morgan fingerprint density at radius 1 is 1.24 bits per heavy atom. The topological polar surface area (TPSA) is 23.5 Å². The van der Waals surface area contributed by atoms with Crippen LogP contribution in [-0.4, -0.2) is 29.6 Å². The first kappa shape index (κ1) is 16.2. The molecule has 1 unspecified atom stereocenters. The zero-order valence-electron chi connectivity index (χ0n) is 11.9. The minimum absolute atomic E-state index is 0.228. The van der Waals surface area contributed by atoms with Gasteiger partial charge < -0.3 is 10.0 Å². The van der Waals surface area contributed by atoms with Crippen LogP contribution in [-0.2, 0) is 11.8 Å². The second-order valence-corrected chi connectivity index (χ2v) is 5.51. The van der Waals surface area contributed by atoms with E-state index in [1.807, 2.05) is 6.92 Å². The monoisotopic (exact) mass is 305 g/mol. The molecule has 0 bridgehead atoms. The average Bonchev–Trinajstić information content (AvgIpc) is 2.60. The number of aliphatic hydroxyl groups is 1. The summed E-state index contributed by atoms with van der Waals surface area (Å²) < 4.78 is 51.4. The third-order valence-corrected chi connectivity index (χ3v) is 4.17. The minimum atomic E-state index is -4.71. The number of halogens is 4. The standard InChI is InChI=1S/C15H19F4NO/c1-2-20-8-3-6-14(21,7-9-20)11-4-5-12(13(16)10-11)15(17,18)19/h4-5,10,21H,2-3,6-9H2,1H3. The third-order valence-electron chi connectivity index (χ3n) is 4.17. The van der Waals surface area contributed by atoms with Crippen LogP contribution in [0.2, 0.25) is 0 Å². The zero-order chi connectivity index (χ0) is 15.7. The molecule has 1 atom stereocenters. The van der Waals surface area contributed by atoms with E-state index in [1.165, 1.54) is 6.07 Å². The van der Waals surface area contributed by atoms with Gasteiger partial charge in [0.1, 0.15) is 5.82 Å². The average molecular weight is 305 g/mol. The van der Waals surface area contributed by atoms with Crippen LogP contribution in [0.5, 0.6) is 0 Å². The highest BCUT2D eigenvalue weighted by atomic mass is 19.4. The van der Waals surface area contributed by atoms with Gasteiger partial charge in [0.25, 0.3) is 0 Å². The molecule has 0 amide bonds. The number of benzene rings is 1. The van der Waals surface area contributed by atoms with Gasteiger partial charge in [-0.15, -0.1) is 0 Å². The highest BCUT2D eigenvalue weighted by Crippen LogP contribution is 2.37.